The zero-order chi connectivity index (χ0) is 19.9. The van der Waals surface area contributed by atoms with Gasteiger partial charge >= 0.3 is 12.0 Å². The van der Waals surface area contributed by atoms with Crippen molar-refractivity contribution in [2.45, 2.75) is 45.1 Å². The van der Waals surface area contributed by atoms with Crippen LogP contribution in [0.25, 0.3) is 10.6 Å². The fourth-order valence-corrected chi connectivity index (χ4v) is 3.91. The second kappa shape index (κ2) is 9.45. The van der Waals surface area contributed by atoms with E-state index in [1.165, 1.54) is 11.3 Å². The van der Waals surface area contributed by atoms with Gasteiger partial charge in [-0.3, -0.25) is 14.9 Å². The average molecular weight is 401 g/mol. The van der Waals surface area contributed by atoms with E-state index in [9.17, 15) is 14.4 Å². The van der Waals surface area contributed by atoms with E-state index < -0.39 is 24.5 Å². The Morgan fingerprint density at radius 1 is 1.25 bits per heavy atom. The molecule has 28 heavy (non-hydrogen) atoms. The molecule has 7 nitrogen and oxygen atoms in total. The lowest BCUT2D eigenvalue weighted by atomic mass is 10.1. The molecule has 0 atom stereocenters. The predicted molar refractivity (Wildman–Crippen MR) is 106 cm³/mol. The summed E-state index contributed by atoms with van der Waals surface area (Å²) in [6.45, 7) is 1.51. The van der Waals surface area contributed by atoms with Crippen LogP contribution in [0, 0.1) is 6.92 Å². The van der Waals surface area contributed by atoms with Crippen LogP contribution >= 0.6 is 11.3 Å². The number of hydrogen-bond donors (Lipinski definition) is 2. The van der Waals surface area contributed by atoms with Crippen LogP contribution in [0.4, 0.5) is 4.79 Å². The first-order valence-corrected chi connectivity index (χ1v) is 10.1. The molecule has 0 spiro atoms. The fourth-order valence-electron chi connectivity index (χ4n) is 3.10. The maximum absolute atomic E-state index is 11.9. The van der Waals surface area contributed by atoms with Crippen LogP contribution in [0.5, 0.6) is 0 Å². The SMILES string of the molecule is Cc1cccc(-c2nc(CC(=O)OCC(=O)NC(=O)NC3CCCC3)cs2)c1. The van der Waals surface area contributed by atoms with E-state index in [0.717, 1.165) is 41.8 Å². The summed E-state index contributed by atoms with van der Waals surface area (Å²) >= 11 is 1.45. The minimum atomic E-state index is -0.650. The molecule has 0 aliphatic heterocycles. The van der Waals surface area contributed by atoms with E-state index in [2.05, 4.69) is 15.6 Å². The molecule has 1 saturated carbocycles. The zero-order valence-electron chi connectivity index (χ0n) is 15.7. The monoisotopic (exact) mass is 401 g/mol. The molecule has 1 aliphatic rings. The number of carbonyl (C=O) groups excluding carboxylic acids is 3. The molecule has 2 aromatic rings. The maximum atomic E-state index is 11.9. The first-order valence-electron chi connectivity index (χ1n) is 9.27. The lowest BCUT2D eigenvalue weighted by Crippen LogP contribution is -2.45. The van der Waals surface area contributed by atoms with Crippen LogP contribution in [0.2, 0.25) is 0 Å². The number of nitrogens with zero attached hydrogens (tertiary/aromatic N) is 1. The number of amides is 3. The van der Waals surface area contributed by atoms with Crippen LogP contribution in [-0.4, -0.2) is 35.5 Å². The van der Waals surface area contributed by atoms with Crippen LogP contribution < -0.4 is 10.6 Å². The molecule has 0 saturated heterocycles. The zero-order valence-corrected chi connectivity index (χ0v) is 16.5. The van der Waals surface area contributed by atoms with Crippen molar-refractivity contribution in [3.05, 3.63) is 40.9 Å². The molecule has 1 aromatic heterocycles. The number of hydrogen-bond acceptors (Lipinski definition) is 6. The summed E-state index contributed by atoms with van der Waals surface area (Å²) in [7, 11) is 0. The maximum Gasteiger partial charge on any atom is 0.321 e. The summed E-state index contributed by atoms with van der Waals surface area (Å²) in [5.41, 5.74) is 2.72. The number of aryl methyl sites for hydroxylation is 1. The van der Waals surface area contributed by atoms with Crippen molar-refractivity contribution < 1.29 is 19.1 Å². The van der Waals surface area contributed by atoms with Crippen molar-refractivity contribution in [2.24, 2.45) is 0 Å². The number of rotatable bonds is 6. The molecule has 8 heteroatoms. The fraction of sp³-hybridized carbons (Fsp3) is 0.400. The van der Waals surface area contributed by atoms with Crippen LogP contribution in [-0.2, 0) is 20.7 Å². The number of aromatic nitrogens is 1. The highest BCUT2D eigenvalue weighted by Crippen LogP contribution is 2.24. The molecular formula is C20H23N3O4S. The van der Waals surface area contributed by atoms with Gasteiger partial charge in [-0.25, -0.2) is 9.78 Å². The molecular weight excluding hydrogens is 378 g/mol. The Labute approximate surface area is 167 Å². The Balaban J connectivity index is 1.41. The van der Waals surface area contributed by atoms with Crippen LogP contribution in [0.3, 0.4) is 0 Å². The highest BCUT2D eigenvalue weighted by molar-refractivity contribution is 7.13. The third kappa shape index (κ3) is 5.88. The van der Waals surface area contributed by atoms with Crippen LogP contribution in [0.15, 0.2) is 29.6 Å². The summed E-state index contributed by atoms with van der Waals surface area (Å²) in [6.07, 6.45) is 3.99. The van der Waals surface area contributed by atoms with Crippen molar-refractivity contribution in [3.63, 3.8) is 0 Å². The second-order valence-electron chi connectivity index (χ2n) is 6.85. The van der Waals surface area contributed by atoms with Gasteiger partial charge in [0.25, 0.3) is 5.91 Å². The standard InChI is InChI=1S/C20H23N3O4S/c1-13-5-4-6-14(9-13)19-21-16(12-28-19)10-18(25)27-11-17(24)23-20(26)22-15-7-2-3-8-15/h4-6,9,12,15H,2-3,7-8,10-11H2,1H3,(H2,22,23,24,26). The third-order valence-corrected chi connectivity index (χ3v) is 5.39. The molecule has 1 aliphatic carbocycles. The molecule has 1 aromatic carbocycles. The first kappa shape index (κ1) is 20.0. The largest absolute Gasteiger partial charge is 0.455 e. The second-order valence-corrected chi connectivity index (χ2v) is 7.71. The lowest BCUT2D eigenvalue weighted by Gasteiger charge is -2.12. The Kier molecular flexibility index (Phi) is 6.76. The van der Waals surface area contributed by atoms with Crippen molar-refractivity contribution in [2.75, 3.05) is 6.61 Å². The van der Waals surface area contributed by atoms with Crippen molar-refractivity contribution in [3.8, 4) is 10.6 Å². The normalized spacial score (nSPS) is 13.9. The van der Waals surface area contributed by atoms with Gasteiger partial charge in [0.2, 0.25) is 0 Å². The van der Waals surface area contributed by atoms with Gasteiger partial charge in [0.05, 0.1) is 12.1 Å². The minimum Gasteiger partial charge on any atom is -0.455 e. The smallest absolute Gasteiger partial charge is 0.321 e. The summed E-state index contributed by atoms with van der Waals surface area (Å²) in [4.78, 5) is 39.8. The highest BCUT2D eigenvalue weighted by Gasteiger charge is 2.19. The molecule has 3 amide bonds. The van der Waals surface area contributed by atoms with Crippen LogP contribution in [0.1, 0.15) is 36.9 Å². The van der Waals surface area contributed by atoms with Gasteiger partial charge in [0.15, 0.2) is 6.61 Å². The lowest BCUT2D eigenvalue weighted by molar-refractivity contribution is -0.147. The van der Waals surface area contributed by atoms with Gasteiger partial charge in [-0.1, -0.05) is 36.6 Å². The Bertz CT molecular complexity index is 859. The molecule has 148 valence electrons. The van der Waals surface area contributed by atoms with E-state index in [-0.39, 0.29) is 12.5 Å². The molecule has 1 heterocycles. The Hall–Kier alpha value is -2.74. The van der Waals surface area contributed by atoms with E-state index in [0.29, 0.717) is 5.69 Å². The van der Waals surface area contributed by atoms with Crippen molar-refractivity contribution in [1.82, 2.24) is 15.6 Å². The van der Waals surface area contributed by atoms with Gasteiger partial charge in [-0.05, 0) is 25.8 Å². The molecule has 3 rings (SSSR count). The van der Waals surface area contributed by atoms with E-state index in [1.54, 1.807) is 5.38 Å². The van der Waals surface area contributed by atoms with Gasteiger partial charge in [-0.2, -0.15) is 0 Å². The number of nitrogens with one attached hydrogen (secondary N) is 2. The molecule has 0 unspecified atom stereocenters. The number of urea groups is 1. The van der Waals surface area contributed by atoms with Crippen molar-refractivity contribution >= 4 is 29.2 Å². The quantitative estimate of drug-likeness (QED) is 0.726. The number of ether oxygens (including phenoxy) is 1. The summed E-state index contributed by atoms with van der Waals surface area (Å²) in [6, 6.07) is 7.53. The number of carbonyl (C=O) groups is 3. The average Bonchev–Trinajstić information content (AvgIpc) is 3.32. The number of thiazole rings is 1. The van der Waals surface area contributed by atoms with Gasteiger partial charge in [0, 0.05) is 17.0 Å². The molecule has 1 fully saturated rings. The van der Waals surface area contributed by atoms with Gasteiger partial charge in [0.1, 0.15) is 5.01 Å². The molecule has 2 N–H and O–H groups in total. The number of esters is 1. The van der Waals surface area contributed by atoms with E-state index in [1.807, 2.05) is 31.2 Å². The minimum absolute atomic E-state index is 0.0239. The number of imide groups is 1. The molecule has 0 bridgehead atoms. The highest BCUT2D eigenvalue weighted by atomic mass is 32.1. The summed E-state index contributed by atoms with van der Waals surface area (Å²) < 4.78 is 4.95. The van der Waals surface area contributed by atoms with Gasteiger partial charge in [-0.15, -0.1) is 11.3 Å². The van der Waals surface area contributed by atoms with Gasteiger partial charge < -0.3 is 10.1 Å². The summed E-state index contributed by atoms with van der Waals surface area (Å²) in [5, 5.41) is 7.54. The summed E-state index contributed by atoms with van der Waals surface area (Å²) in [5.74, 6) is -1.21. The van der Waals surface area contributed by atoms with Crippen molar-refractivity contribution in [1.29, 1.82) is 0 Å². The Morgan fingerprint density at radius 2 is 2.04 bits per heavy atom. The topological polar surface area (TPSA) is 97.4 Å². The third-order valence-electron chi connectivity index (χ3n) is 4.45. The number of benzene rings is 1. The first-order chi connectivity index (χ1) is 13.5. The van der Waals surface area contributed by atoms with E-state index in [4.69, 9.17) is 4.74 Å². The van der Waals surface area contributed by atoms with E-state index >= 15 is 0 Å². The Morgan fingerprint density at radius 3 is 2.79 bits per heavy atom. The molecule has 0 radical (unpaired) electrons. The predicted octanol–water partition coefficient (Wildman–Crippen LogP) is 2.97.